The van der Waals surface area contributed by atoms with Gasteiger partial charge in [-0.05, 0) is 26.2 Å². The number of hydrogen-bond donors (Lipinski definition) is 0. The number of carbonyl (C=O) groups excluding carboxylic acids is 2. The zero-order valence-electron chi connectivity index (χ0n) is 12.3. The first-order valence-corrected chi connectivity index (χ1v) is 7.13. The first kappa shape index (κ1) is 17.1. The van der Waals surface area contributed by atoms with E-state index in [0.717, 1.165) is 18.8 Å². The highest BCUT2D eigenvalue weighted by Gasteiger charge is 2.09. The average Bonchev–Trinajstić information content (AvgIpc) is 2.24. The van der Waals surface area contributed by atoms with Crippen LogP contribution in [0.1, 0.15) is 72.6 Å². The molecule has 0 radical (unpaired) electrons. The number of carbonyl (C=O) groups is 2. The molecule has 0 spiro atoms. The number of ether oxygens (including phenoxy) is 1. The maximum absolute atomic E-state index is 11.5. The Morgan fingerprint density at radius 2 is 1.56 bits per heavy atom. The summed E-state index contributed by atoms with van der Waals surface area (Å²) in [6, 6.07) is 0. The van der Waals surface area contributed by atoms with Gasteiger partial charge in [0, 0.05) is 12.8 Å². The van der Waals surface area contributed by atoms with Crippen LogP contribution in [0.5, 0.6) is 0 Å². The molecule has 0 aromatic carbocycles. The lowest BCUT2D eigenvalue weighted by Gasteiger charge is -2.07. The zero-order chi connectivity index (χ0) is 14.0. The van der Waals surface area contributed by atoms with Gasteiger partial charge in [0.05, 0.1) is 12.5 Å². The molecule has 0 saturated heterocycles. The molecule has 0 aliphatic carbocycles. The number of unbranched alkanes of at least 4 members (excludes halogenated alkanes) is 2. The minimum absolute atomic E-state index is 0.0939. The van der Waals surface area contributed by atoms with Crippen LogP contribution in [0.4, 0.5) is 0 Å². The Labute approximate surface area is 111 Å². The topological polar surface area (TPSA) is 43.4 Å². The molecule has 0 unspecified atom stereocenters. The Kier molecular flexibility index (Phi) is 9.62. The van der Waals surface area contributed by atoms with E-state index in [9.17, 15) is 9.59 Å². The van der Waals surface area contributed by atoms with Gasteiger partial charge >= 0.3 is 5.97 Å². The van der Waals surface area contributed by atoms with E-state index in [4.69, 9.17) is 4.74 Å². The monoisotopic (exact) mass is 256 g/mol. The Morgan fingerprint density at radius 1 is 0.889 bits per heavy atom. The van der Waals surface area contributed by atoms with E-state index in [1.165, 1.54) is 12.8 Å². The van der Waals surface area contributed by atoms with E-state index in [2.05, 4.69) is 13.8 Å². The van der Waals surface area contributed by atoms with Crippen LogP contribution in [-0.4, -0.2) is 17.9 Å². The Hall–Kier alpha value is -0.860. The summed E-state index contributed by atoms with van der Waals surface area (Å²) in [5, 5.41) is 0. The molecule has 0 atom stereocenters. The van der Waals surface area contributed by atoms with Crippen LogP contribution >= 0.6 is 0 Å². The van der Waals surface area contributed by atoms with Gasteiger partial charge < -0.3 is 4.74 Å². The van der Waals surface area contributed by atoms with Gasteiger partial charge in [-0.2, -0.15) is 0 Å². The minimum Gasteiger partial charge on any atom is -0.463 e. The molecule has 18 heavy (non-hydrogen) atoms. The Morgan fingerprint density at radius 3 is 2.11 bits per heavy atom. The molecule has 0 fully saturated rings. The fourth-order valence-corrected chi connectivity index (χ4v) is 1.74. The van der Waals surface area contributed by atoms with Crippen molar-refractivity contribution in [2.75, 3.05) is 0 Å². The molecule has 0 bridgehead atoms. The second-order valence-electron chi connectivity index (χ2n) is 5.57. The summed E-state index contributed by atoms with van der Waals surface area (Å²) < 4.78 is 4.98. The molecule has 0 rings (SSSR count). The van der Waals surface area contributed by atoms with Crippen molar-refractivity contribution in [2.24, 2.45) is 5.92 Å². The highest BCUT2D eigenvalue weighted by atomic mass is 16.5. The van der Waals surface area contributed by atoms with Crippen molar-refractivity contribution in [3.63, 3.8) is 0 Å². The molecule has 0 heterocycles. The number of esters is 1. The predicted molar refractivity (Wildman–Crippen MR) is 73.4 cm³/mol. The van der Waals surface area contributed by atoms with E-state index in [-0.39, 0.29) is 24.3 Å². The SMILES string of the molecule is CC(C)CCCCCC(=O)CCC(=O)OC(C)C. The third-order valence-corrected chi connectivity index (χ3v) is 2.71. The number of hydrogen-bond acceptors (Lipinski definition) is 3. The molecule has 106 valence electrons. The van der Waals surface area contributed by atoms with Crippen molar-refractivity contribution < 1.29 is 14.3 Å². The van der Waals surface area contributed by atoms with Crippen LogP contribution in [-0.2, 0) is 14.3 Å². The van der Waals surface area contributed by atoms with Gasteiger partial charge in [-0.3, -0.25) is 9.59 Å². The summed E-state index contributed by atoms with van der Waals surface area (Å²) in [7, 11) is 0. The molecule has 0 saturated carbocycles. The molecule has 0 amide bonds. The summed E-state index contributed by atoms with van der Waals surface area (Å²) >= 11 is 0. The van der Waals surface area contributed by atoms with Crippen LogP contribution in [0.25, 0.3) is 0 Å². The molecule has 3 nitrogen and oxygen atoms in total. The third-order valence-electron chi connectivity index (χ3n) is 2.71. The van der Waals surface area contributed by atoms with E-state index in [1.54, 1.807) is 0 Å². The Bertz CT molecular complexity index is 244. The van der Waals surface area contributed by atoms with Crippen LogP contribution in [0, 0.1) is 5.92 Å². The van der Waals surface area contributed by atoms with E-state index < -0.39 is 0 Å². The van der Waals surface area contributed by atoms with Crippen molar-refractivity contribution in [3.8, 4) is 0 Å². The fraction of sp³-hybridized carbons (Fsp3) is 0.867. The van der Waals surface area contributed by atoms with Crippen molar-refractivity contribution >= 4 is 11.8 Å². The normalized spacial score (nSPS) is 11.0. The van der Waals surface area contributed by atoms with Crippen LogP contribution in [0.3, 0.4) is 0 Å². The zero-order valence-corrected chi connectivity index (χ0v) is 12.3. The summed E-state index contributed by atoms with van der Waals surface area (Å²) in [5.74, 6) is 0.657. The maximum atomic E-state index is 11.5. The first-order chi connectivity index (χ1) is 8.41. The summed E-state index contributed by atoms with van der Waals surface area (Å²) in [4.78, 5) is 22.8. The van der Waals surface area contributed by atoms with Gasteiger partial charge in [-0.25, -0.2) is 0 Å². The lowest BCUT2D eigenvalue weighted by atomic mass is 10.0. The molecule has 0 aliphatic rings. The summed E-state index contributed by atoms with van der Waals surface area (Å²) in [5.41, 5.74) is 0. The standard InChI is InChI=1S/C15H28O3/c1-12(2)8-6-5-7-9-14(16)10-11-15(17)18-13(3)4/h12-13H,5-11H2,1-4H3. The molecule has 3 heteroatoms. The minimum atomic E-state index is -0.266. The lowest BCUT2D eigenvalue weighted by Crippen LogP contribution is -2.12. The molecular formula is C15H28O3. The second-order valence-corrected chi connectivity index (χ2v) is 5.57. The van der Waals surface area contributed by atoms with Crippen LogP contribution in [0.15, 0.2) is 0 Å². The smallest absolute Gasteiger partial charge is 0.306 e. The van der Waals surface area contributed by atoms with Gasteiger partial charge in [0.2, 0.25) is 0 Å². The van der Waals surface area contributed by atoms with Gasteiger partial charge in [0.15, 0.2) is 0 Å². The van der Waals surface area contributed by atoms with E-state index in [0.29, 0.717) is 12.8 Å². The maximum Gasteiger partial charge on any atom is 0.306 e. The van der Waals surface area contributed by atoms with E-state index >= 15 is 0 Å². The molecule has 0 N–H and O–H groups in total. The quantitative estimate of drug-likeness (QED) is 0.440. The van der Waals surface area contributed by atoms with Crippen molar-refractivity contribution in [1.82, 2.24) is 0 Å². The first-order valence-electron chi connectivity index (χ1n) is 7.13. The highest BCUT2D eigenvalue weighted by molar-refractivity contribution is 5.82. The van der Waals surface area contributed by atoms with Crippen LogP contribution < -0.4 is 0 Å². The molecule has 0 aromatic heterocycles. The third kappa shape index (κ3) is 11.6. The van der Waals surface area contributed by atoms with Crippen molar-refractivity contribution in [1.29, 1.82) is 0 Å². The molecule has 0 aliphatic heterocycles. The summed E-state index contributed by atoms with van der Waals surface area (Å²) in [6.07, 6.45) is 5.55. The predicted octanol–water partition coefficient (Wildman–Crippen LogP) is 3.89. The van der Waals surface area contributed by atoms with Gasteiger partial charge in [-0.15, -0.1) is 0 Å². The largest absolute Gasteiger partial charge is 0.463 e. The molecular weight excluding hydrogens is 228 g/mol. The van der Waals surface area contributed by atoms with Crippen LogP contribution in [0.2, 0.25) is 0 Å². The van der Waals surface area contributed by atoms with Gasteiger partial charge in [0.1, 0.15) is 5.78 Å². The highest BCUT2D eigenvalue weighted by Crippen LogP contribution is 2.10. The van der Waals surface area contributed by atoms with Crippen molar-refractivity contribution in [2.45, 2.75) is 78.7 Å². The fourth-order valence-electron chi connectivity index (χ4n) is 1.74. The second kappa shape index (κ2) is 10.1. The number of rotatable bonds is 10. The number of ketones is 1. The van der Waals surface area contributed by atoms with Gasteiger partial charge in [0.25, 0.3) is 0 Å². The van der Waals surface area contributed by atoms with Gasteiger partial charge in [-0.1, -0.05) is 33.1 Å². The van der Waals surface area contributed by atoms with E-state index in [1.807, 2.05) is 13.8 Å². The summed E-state index contributed by atoms with van der Waals surface area (Å²) in [6.45, 7) is 8.06. The average molecular weight is 256 g/mol. The lowest BCUT2D eigenvalue weighted by molar-refractivity contribution is -0.148. The molecule has 0 aromatic rings. The Balaban J connectivity index is 3.46. The van der Waals surface area contributed by atoms with Crippen molar-refractivity contribution in [3.05, 3.63) is 0 Å². The number of Topliss-reactive ketones (excluding diaryl/α,β-unsaturated/α-hetero) is 1.